The van der Waals surface area contributed by atoms with E-state index >= 15 is 0 Å². The van der Waals surface area contributed by atoms with Crippen LogP contribution in [0.3, 0.4) is 0 Å². The van der Waals surface area contributed by atoms with Gasteiger partial charge < -0.3 is 10.1 Å². The van der Waals surface area contributed by atoms with Gasteiger partial charge in [-0.2, -0.15) is 0 Å². The van der Waals surface area contributed by atoms with Crippen LogP contribution in [-0.4, -0.2) is 17.0 Å². The first kappa shape index (κ1) is 14.1. The van der Waals surface area contributed by atoms with Crippen molar-refractivity contribution in [1.29, 1.82) is 0 Å². The number of ether oxygens (including phenoxy) is 1. The zero-order chi connectivity index (χ0) is 14.4. The number of fused-ring (bicyclic) bond motifs is 1. The van der Waals surface area contributed by atoms with Crippen LogP contribution in [0.2, 0.25) is 0 Å². The quantitative estimate of drug-likeness (QED) is 0.834. The maximum Gasteiger partial charge on any atom is 0.147 e. The molecule has 0 saturated heterocycles. The molecule has 4 heteroatoms. The molecule has 0 spiro atoms. The van der Waals surface area contributed by atoms with Crippen molar-refractivity contribution in [3.8, 4) is 0 Å². The van der Waals surface area contributed by atoms with Gasteiger partial charge in [-0.15, -0.1) is 0 Å². The molecule has 0 aliphatic heterocycles. The monoisotopic (exact) mass is 269 g/mol. The lowest BCUT2D eigenvalue weighted by Gasteiger charge is -2.07. The van der Waals surface area contributed by atoms with Gasteiger partial charge >= 0.3 is 0 Å². The van der Waals surface area contributed by atoms with E-state index in [0.717, 1.165) is 34.6 Å². The Morgan fingerprint density at radius 1 is 1.40 bits per heavy atom. The van der Waals surface area contributed by atoms with Crippen LogP contribution in [0.4, 0.5) is 5.82 Å². The molecule has 0 saturated carbocycles. The molecule has 0 aromatic carbocycles. The van der Waals surface area contributed by atoms with Crippen LogP contribution >= 0.6 is 0 Å². The summed E-state index contributed by atoms with van der Waals surface area (Å²) >= 11 is 0. The molecule has 0 amide bonds. The van der Waals surface area contributed by atoms with Crippen LogP contribution in [0.15, 0.2) is 42.8 Å². The number of anilines is 1. The van der Waals surface area contributed by atoms with E-state index in [0.29, 0.717) is 0 Å². The number of rotatable bonds is 5. The van der Waals surface area contributed by atoms with Gasteiger partial charge in [0.25, 0.3) is 0 Å². The fraction of sp³-hybridized carbons (Fsp3) is 0.250. The molecular weight excluding hydrogens is 250 g/mol. The first-order valence-corrected chi connectivity index (χ1v) is 6.71. The first-order chi connectivity index (χ1) is 9.78. The lowest BCUT2D eigenvalue weighted by atomic mass is 10.2. The van der Waals surface area contributed by atoms with Gasteiger partial charge in [0.1, 0.15) is 17.3 Å². The summed E-state index contributed by atoms with van der Waals surface area (Å²) in [5.74, 6) is 1.55. The molecule has 0 aliphatic rings. The van der Waals surface area contributed by atoms with Crippen molar-refractivity contribution < 1.29 is 4.74 Å². The number of nitrogens with zero attached hydrogens (tertiary/aromatic N) is 2. The van der Waals surface area contributed by atoms with E-state index in [-0.39, 0.29) is 0 Å². The average molecular weight is 269 g/mol. The van der Waals surface area contributed by atoms with Crippen molar-refractivity contribution in [3.63, 3.8) is 0 Å². The van der Waals surface area contributed by atoms with Crippen molar-refractivity contribution >= 4 is 22.5 Å². The summed E-state index contributed by atoms with van der Waals surface area (Å²) in [7, 11) is 1.84. The molecule has 20 heavy (non-hydrogen) atoms. The molecule has 2 aromatic heterocycles. The Morgan fingerprint density at radius 3 is 2.95 bits per heavy atom. The highest BCUT2D eigenvalue weighted by Gasteiger charge is 2.05. The van der Waals surface area contributed by atoms with Gasteiger partial charge in [0, 0.05) is 24.7 Å². The molecule has 2 aromatic rings. The number of hydrogen-bond donors (Lipinski definition) is 1. The van der Waals surface area contributed by atoms with Crippen molar-refractivity contribution in [2.24, 2.45) is 0 Å². The molecule has 0 aliphatic carbocycles. The largest absolute Gasteiger partial charge is 0.463 e. The second kappa shape index (κ2) is 6.70. The van der Waals surface area contributed by atoms with E-state index in [1.54, 1.807) is 6.26 Å². The SMILES string of the molecule is C/C=C(\O/C=C/CC)c1ccc2cnc(NC)cc2n1. The molecule has 2 rings (SSSR count). The third kappa shape index (κ3) is 3.15. The van der Waals surface area contributed by atoms with Gasteiger partial charge in [-0.05, 0) is 37.6 Å². The fourth-order valence-electron chi connectivity index (χ4n) is 1.78. The minimum Gasteiger partial charge on any atom is -0.463 e. The summed E-state index contributed by atoms with van der Waals surface area (Å²) in [5, 5.41) is 4.02. The lowest BCUT2D eigenvalue weighted by molar-refractivity contribution is 0.432. The molecule has 1 N–H and O–H groups in total. The summed E-state index contributed by atoms with van der Waals surface area (Å²) in [4.78, 5) is 8.90. The van der Waals surface area contributed by atoms with Crippen molar-refractivity contribution in [2.75, 3.05) is 12.4 Å². The maximum atomic E-state index is 5.61. The van der Waals surface area contributed by atoms with Gasteiger partial charge in [0.05, 0.1) is 11.8 Å². The Labute approximate surface area is 119 Å². The van der Waals surface area contributed by atoms with E-state index in [1.165, 1.54) is 0 Å². The molecule has 2 heterocycles. The van der Waals surface area contributed by atoms with Gasteiger partial charge in [0.15, 0.2) is 0 Å². The summed E-state index contributed by atoms with van der Waals surface area (Å²) in [6.07, 6.45) is 8.33. The Hall–Kier alpha value is -2.36. The summed E-state index contributed by atoms with van der Waals surface area (Å²) in [5.41, 5.74) is 1.71. The van der Waals surface area contributed by atoms with Gasteiger partial charge in [-0.3, -0.25) is 0 Å². The smallest absolute Gasteiger partial charge is 0.147 e. The number of nitrogens with one attached hydrogen (secondary N) is 1. The minimum atomic E-state index is 0.749. The topological polar surface area (TPSA) is 47.0 Å². The minimum absolute atomic E-state index is 0.749. The van der Waals surface area contributed by atoms with Crippen LogP contribution in [-0.2, 0) is 4.74 Å². The average Bonchev–Trinajstić information content (AvgIpc) is 2.50. The highest BCUT2D eigenvalue weighted by molar-refractivity contribution is 5.81. The second-order valence-corrected chi connectivity index (χ2v) is 4.26. The number of allylic oxidation sites excluding steroid dienone is 2. The first-order valence-electron chi connectivity index (χ1n) is 6.71. The highest BCUT2D eigenvalue weighted by Crippen LogP contribution is 2.20. The Kier molecular flexibility index (Phi) is 4.71. The third-order valence-corrected chi connectivity index (χ3v) is 2.87. The van der Waals surface area contributed by atoms with E-state index in [9.17, 15) is 0 Å². The number of hydrogen-bond acceptors (Lipinski definition) is 4. The maximum absolute atomic E-state index is 5.61. The molecule has 104 valence electrons. The normalized spacial score (nSPS) is 12.1. The van der Waals surface area contributed by atoms with E-state index in [2.05, 4.69) is 22.2 Å². The summed E-state index contributed by atoms with van der Waals surface area (Å²) in [6.45, 7) is 4.00. The van der Waals surface area contributed by atoms with Crippen molar-refractivity contribution in [1.82, 2.24) is 9.97 Å². The predicted octanol–water partition coefficient (Wildman–Crippen LogP) is 3.97. The standard InChI is InChI=1S/C16H19N3O/c1-4-6-9-20-15(5-2)13-8-7-12-11-18-16(17-3)10-14(12)19-13/h5-11H,4H2,1-3H3,(H,17,18)/b9-6+,15-5-. The molecule has 0 unspecified atom stereocenters. The van der Waals surface area contributed by atoms with Crippen LogP contribution in [0.1, 0.15) is 26.0 Å². The van der Waals surface area contributed by atoms with Gasteiger partial charge in [0.2, 0.25) is 0 Å². The fourth-order valence-corrected chi connectivity index (χ4v) is 1.78. The molecule has 0 fully saturated rings. The zero-order valence-corrected chi connectivity index (χ0v) is 12.1. The van der Waals surface area contributed by atoms with E-state index in [1.807, 2.05) is 50.5 Å². The Morgan fingerprint density at radius 2 is 2.25 bits per heavy atom. The zero-order valence-electron chi connectivity index (χ0n) is 12.1. The van der Waals surface area contributed by atoms with Crippen LogP contribution < -0.4 is 5.32 Å². The van der Waals surface area contributed by atoms with Crippen LogP contribution in [0.25, 0.3) is 16.7 Å². The third-order valence-electron chi connectivity index (χ3n) is 2.87. The Balaban J connectivity index is 2.36. The van der Waals surface area contributed by atoms with Crippen molar-refractivity contribution in [2.45, 2.75) is 20.3 Å². The van der Waals surface area contributed by atoms with Crippen LogP contribution in [0, 0.1) is 0 Å². The summed E-state index contributed by atoms with van der Waals surface area (Å²) < 4.78 is 5.61. The highest BCUT2D eigenvalue weighted by atomic mass is 16.5. The number of aromatic nitrogens is 2. The van der Waals surface area contributed by atoms with Gasteiger partial charge in [-0.25, -0.2) is 9.97 Å². The molecule has 0 radical (unpaired) electrons. The molecule has 0 bridgehead atoms. The number of pyridine rings is 2. The van der Waals surface area contributed by atoms with Crippen LogP contribution in [0.5, 0.6) is 0 Å². The summed E-state index contributed by atoms with van der Waals surface area (Å²) in [6, 6.07) is 5.87. The van der Waals surface area contributed by atoms with Gasteiger partial charge in [-0.1, -0.05) is 6.92 Å². The molecule has 4 nitrogen and oxygen atoms in total. The second-order valence-electron chi connectivity index (χ2n) is 4.26. The molecular formula is C16H19N3O. The Bertz CT molecular complexity index is 647. The lowest BCUT2D eigenvalue weighted by Crippen LogP contribution is -1.95. The molecule has 0 atom stereocenters. The van der Waals surface area contributed by atoms with E-state index in [4.69, 9.17) is 4.74 Å². The van der Waals surface area contributed by atoms with Crippen molar-refractivity contribution in [3.05, 3.63) is 48.5 Å². The van der Waals surface area contributed by atoms with E-state index < -0.39 is 0 Å². The predicted molar refractivity (Wildman–Crippen MR) is 83.3 cm³/mol.